The summed E-state index contributed by atoms with van der Waals surface area (Å²) >= 11 is 0. The zero-order valence-electron chi connectivity index (χ0n) is 23.3. The van der Waals surface area contributed by atoms with Gasteiger partial charge in [0.15, 0.2) is 11.5 Å². The van der Waals surface area contributed by atoms with Crippen molar-refractivity contribution in [2.45, 2.75) is 24.9 Å². The van der Waals surface area contributed by atoms with E-state index in [0.717, 1.165) is 67.0 Å². The highest BCUT2D eigenvalue weighted by molar-refractivity contribution is 5.97. The Morgan fingerprint density at radius 1 is 0.975 bits per heavy atom. The van der Waals surface area contributed by atoms with Gasteiger partial charge in [-0.25, -0.2) is 0 Å². The van der Waals surface area contributed by atoms with Crippen LogP contribution in [0.25, 0.3) is 10.9 Å². The molecule has 0 bridgehead atoms. The molecule has 0 saturated carbocycles. The Morgan fingerprint density at radius 2 is 1.70 bits per heavy atom. The minimum atomic E-state index is -0.597. The highest BCUT2D eigenvalue weighted by atomic mass is 16.5. The number of nitrogens with zero attached hydrogens (tertiary/aromatic N) is 3. The van der Waals surface area contributed by atoms with Crippen LogP contribution in [0.3, 0.4) is 0 Å². The van der Waals surface area contributed by atoms with Crippen molar-refractivity contribution >= 4 is 22.7 Å². The number of rotatable bonds is 8. The Bertz CT molecular complexity index is 1390. The van der Waals surface area contributed by atoms with E-state index in [0.29, 0.717) is 30.2 Å². The number of amides is 2. The van der Waals surface area contributed by atoms with E-state index in [2.05, 4.69) is 16.0 Å². The van der Waals surface area contributed by atoms with Crippen LogP contribution in [0.5, 0.6) is 17.2 Å². The number of aromatic amines is 1. The van der Waals surface area contributed by atoms with Gasteiger partial charge in [-0.05, 0) is 35.7 Å². The maximum Gasteiger partial charge on any atom is 0.246 e. The molecular formula is C30H36N4O6. The predicted molar refractivity (Wildman–Crippen MR) is 149 cm³/mol. The number of carbonyl (C=O) groups excluding carboxylic acids is 2. The number of carbonyl (C=O) groups is 2. The van der Waals surface area contributed by atoms with Gasteiger partial charge in [-0.15, -0.1) is 0 Å². The average molecular weight is 549 g/mol. The summed E-state index contributed by atoms with van der Waals surface area (Å²) in [5.74, 6) is 1.40. The van der Waals surface area contributed by atoms with E-state index in [-0.39, 0.29) is 18.4 Å². The van der Waals surface area contributed by atoms with E-state index < -0.39 is 12.1 Å². The van der Waals surface area contributed by atoms with Gasteiger partial charge < -0.3 is 33.7 Å². The van der Waals surface area contributed by atoms with Crippen LogP contribution in [0, 0.1) is 0 Å². The molecule has 2 aromatic carbocycles. The Labute approximate surface area is 233 Å². The van der Waals surface area contributed by atoms with E-state index in [1.54, 1.807) is 31.1 Å². The predicted octanol–water partition coefficient (Wildman–Crippen LogP) is 2.60. The van der Waals surface area contributed by atoms with Crippen LogP contribution in [0.15, 0.2) is 36.4 Å². The van der Waals surface area contributed by atoms with Gasteiger partial charge in [0.2, 0.25) is 17.6 Å². The van der Waals surface area contributed by atoms with Crippen LogP contribution >= 0.6 is 0 Å². The number of aromatic nitrogens is 1. The lowest BCUT2D eigenvalue weighted by Gasteiger charge is -2.47. The van der Waals surface area contributed by atoms with Gasteiger partial charge >= 0.3 is 0 Å². The number of hydrogen-bond acceptors (Lipinski definition) is 7. The molecule has 2 atom stereocenters. The maximum atomic E-state index is 14.0. The zero-order valence-corrected chi connectivity index (χ0v) is 23.3. The van der Waals surface area contributed by atoms with Crippen LogP contribution in [0.2, 0.25) is 0 Å². The van der Waals surface area contributed by atoms with Crippen molar-refractivity contribution in [3.05, 3.63) is 53.2 Å². The molecule has 2 amide bonds. The SMILES string of the molecule is COc1cc(C2c3[nH]c4ccccc4c3CC3C(=O)N(CCCN4CCOCC4)CC(=O)N32)cc(OC)c1OC. The summed E-state index contributed by atoms with van der Waals surface area (Å²) in [4.78, 5) is 37.3. The quantitative estimate of drug-likeness (QED) is 0.462. The van der Waals surface area contributed by atoms with E-state index in [1.165, 1.54) is 0 Å². The third-order valence-electron chi connectivity index (χ3n) is 8.35. The molecule has 3 aliphatic heterocycles. The lowest BCUT2D eigenvalue weighted by molar-refractivity contribution is -0.158. The normalized spacial score (nSPS) is 21.4. The van der Waals surface area contributed by atoms with Crippen molar-refractivity contribution in [2.75, 3.05) is 67.3 Å². The molecular weight excluding hydrogens is 512 g/mol. The highest BCUT2D eigenvalue weighted by Gasteiger charge is 2.48. The topological polar surface area (TPSA) is 96.6 Å². The molecule has 0 radical (unpaired) electrons. The largest absolute Gasteiger partial charge is 0.493 e. The van der Waals surface area contributed by atoms with E-state index in [9.17, 15) is 9.59 Å². The molecule has 6 rings (SSSR count). The van der Waals surface area contributed by atoms with Crippen LogP contribution in [-0.4, -0.2) is 105 Å². The second-order valence-electron chi connectivity index (χ2n) is 10.5. The van der Waals surface area contributed by atoms with Gasteiger partial charge in [0.1, 0.15) is 6.04 Å². The summed E-state index contributed by atoms with van der Waals surface area (Å²) < 4.78 is 22.3. The highest BCUT2D eigenvalue weighted by Crippen LogP contribution is 2.47. The molecule has 2 saturated heterocycles. The minimum Gasteiger partial charge on any atom is -0.493 e. The van der Waals surface area contributed by atoms with Gasteiger partial charge in [-0.2, -0.15) is 0 Å². The van der Waals surface area contributed by atoms with Crippen LogP contribution < -0.4 is 14.2 Å². The van der Waals surface area contributed by atoms with Gasteiger partial charge in [-0.1, -0.05) is 18.2 Å². The molecule has 10 heteroatoms. The second-order valence-corrected chi connectivity index (χ2v) is 10.5. The summed E-state index contributed by atoms with van der Waals surface area (Å²) in [6.07, 6.45) is 1.28. The lowest BCUT2D eigenvalue weighted by Crippen LogP contribution is -2.63. The number of fused-ring (bicyclic) bond motifs is 4. The number of H-pyrrole nitrogens is 1. The van der Waals surface area contributed by atoms with Crippen LogP contribution in [0.4, 0.5) is 0 Å². The van der Waals surface area contributed by atoms with Gasteiger partial charge in [0, 0.05) is 49.2 Å². The molecule has 0 aliphatic carbocycles. The summed E-state index contributed by atoms with van der Waals surface area (Å²) in [6, 6.07) is 10.7. The minimum absolute atomic E-state index is 0.00468. The fourth-order valence-corrected chi connectivity index (χ4v) is 6.43. The molecule has 3 aromatic rings. The van der Waals surface area contributed by atoms with Crippen molar-refractivity contribution in [1.82, 2.24) is 19.7 Å². The van der Waals surface area contributed by atoms with Gasteiger partial charge in [0.05, 0.1) is 47.1 Å². The average Bonchev–Trinajstić information content (AvgIpc) is 3.36. The Kier molecular flexibility index (Phi) is 7.29. The maximum absolute atomic E-state index is 14.0. The van der Waals surface area contributed by atoms with Crippen molar-refractivity contribution < 1.29 is 28.5 Å². The van der Waals surface area contributed by atoms with Crippen molar-refractivity contribution in [3.63, 3.8) is 0 Å². The molecule has 10 nitrogen and oxygen atoms in total. The fourth-order valence-electron chi connectivity index (χ4n) is 6.43. The Hall–Kier alpha value is -3.76. The van der Waals surface area contributed by atoms with Crippen molar-refractivity contribution in [2.24, 2.45) is 0 Å². The summed E-state index contributed by atoms with van der Waals surface area (Å²) in [5.41, 5.74) is 3.74. The fraction of sp³-hybridized carbons (Fsp3) is 0.467. The molecule has 3 aliphatic rings. The summed E-state index contributed by atoms with van der Waals surface area (Å²) in [7, 11) is 4.71. The summed E-state index contributed by atoms with van der Waals surface area (Å²) in [6.45, 7) is 4.81. The van der Waals surface area contributed by atoms with Gasteiger partial charge in [0.25, 0.3) is 0 Å². The number of benzene rings is 2. The Morgan fingerprint density at radius 3 is 2.40 bits per heavy atom. The third-order valence-corrected chi connectivity index (χ3v) is 8.35. The number of nitrogens with one attached hydrogen (secondary N) is 1. The molecule has 1 aromatic heterocycles. The number of methoxy groups -OCH3 is 3. The van der Waals surface area contributed by atoms with E-state index in [4.69, 9.17) is 18.9 Å². The smallest absolute Gasteiger partial charge is 0.246 e. The second kappa shape index (κ2) is 11.0. The van der Waals surface area contributed by atoms with E-state index in [1.807, 2.05) is 30.3 Å². The van der Waals surface area contributed by atoms with Crippen LogP contribution in [0.1, 0.15) is 29.3 Å². The first-order valence-electron chi connectivity index (χ1n) is 13.8. The molecule has 1 N–H and O–H groups in total. The molecule has 2 unspecified atom stereocenters. The summed E-state index contributed by atoms with van der Waals surface area (Å²) in [5, 5.41) is 1.07. The number of morpholine rings is 1. The van der Waals surface area contributed by atoms with E-state index >= 15 is 0 Å². The van der Waals surface area contributed by atoms with Crippen molar-refractivity contribution in [3.8, 4) is 17.2 Å². The first-order chi connectivity index (χ1) is 19.5. The standard InChI is InChI=1S/C30H36N4O6/c1-37-24-15-19(16-25(38-2)29(24)39-3)28-27-21(20-7-4-5-8-22(20)31-27)17-23-30(36)33(18-26(35)34(23)28)10-6-9-32-11-13-40-14-12-32/h4-5,7-8,15-16,23,28,31H,6,9-14,17-18H2,1-3H3. The molecule has 0 spiro atoms. The third kappa shape index (κ3) is 4.54. The lowest BCUT2D eigenvalue weighted by atomic mass is 9.86. The number of hydrogen-bond donors (Lipinski definition) is 1. The van der Waals surface area contributed by atoms with Crippen LogP contribution in [-0.2, 0) is 20.7 Å². The molecule has 4 heterocycles. The molecule has 40 heavy (non-hydrogen) atoms. The monoisotopic (exact) mass is 548 g/mol. The first-order valence-corrected chi connectivity index (χ1v) is 13.8. The van der Waals surface area contributed by atoms with Crippen molar-refractivity contribution in [1.29, 1.82) is 0 Å². The molecule has 212 valence electrons. The zero-order chi connectivity index (χ0) is 27.8. The number of para-hydroxylation sites is 1. The van der Waals surface area contributed by atoms with Gasteiger partial charge in [-0.3, -0.25) is 14.5 Å². The number of piperazine rings is 1. The first kappa shape index (κ1) is 26.5. The Balaban J connectivity index is 1.37. The molecule has 2 fully saturated rings. The number of ether oxygens (including phenoxy) is 4.